The van der Waals surface area contributed by atoms with Crippen LogP contribution in [0.4, 0.5) is 0 Å². The minimum atomic E-state index is -0.453. The Morgan fingerprint density at radius 3 is 2.52 bits per heavy atom. The molecule has 1 heterocycles. The zero-order valence-corrected chi connectivity index (χ0v) is 17.1. The van der Waals surface area contributed by atoms with E-state index in [0.717, 1.165) is 10.8 Å². The number of nitrogens with zero attached hydrogens (tertiary/aromatic N) is 2. The summed E-state index contributed by atoms with van der Waals surface area (Å²) in [5, 5.41) is 5.12. The van der Waals surface area contributed by atoms with Crippen molar-refractivity contribution in [3.8, 4) is 0 Å². The number of nitrogens with one attached hydrogen (secondary N) is 2. The molecule has 0 saturated carbocycles. The maximum Gasteiger partial charge on any atom is 0.287 e. The van der Waals surface area contributed by atoms with Gasteiger partial charge in [0.05, 0.1) is 10.9 Å². The first-order valence-electron chi connectivity index (χ1n) is 10.0. The maximum atomic E-state index is 12.9. The van der Waals surface area contributed by atoms with Crippen LogP contribution in [0.3, 0.4) is 0 Å². The van der Waals surface area contributed by atoms with Gasteiger partial charge in [-0.25, -0.2) is 4.98 Å². The summed E-state index contributed by atoms with van der Waals surface area (Å²) < 4.78 is 0. The lowest BCUT2D eigenvalue weighted by Gasteiger charge is -2.18. The van der Waals surface area contributed by atoms with Gasteiger partial charge >= 0.3 is 0 Å². The Morgan fingerprint density at radius 2 is 1.68 bits per heavy atom. The average Bonchev–Trinajstić information content (AvgIpc) is 2.80. The lowest BCUT2D eigenvalue weighted by atomic mass is 10.0. The lowest BCUT2D eigenvalue weighted by Crippen LogP contribution is -2.32. The molecule has 0 fully saturated rings. The smallest absolute Gasteiger partial charge is 0.287 e. The molecule has 4 aromatic rings. The molecule has 2 amide bonds. The molecular formula is C24H22N4O3. The van der Waals surface area contributed by atoms with Crippen LogP contribution in [0.15, 0.2) is 71.5 Å². The van der Waals surface area contributed by atoms with Crippen LogP contribution in [0.25, 0.3) is 21.7 Å². The zero-order chi connectivity index (χ0) is 21.8. The van der Waals surface area contributed by atoms with E-state index in [-0.39, 0.29) is 17.3 Å². The summed E-state index contributed by atoms with van der Waals surface area (Å²) in [7, 11) is 1.74. The molecule has 0 unspecified atom stereocenters. The molecule has 7 heteroatoms. The Hall–Kier alpha value is -4.00. The number of carbonyl (C=O) groups is 2. The number of fused-ring (bicyclic) bond motifs is 2. The Balaban J connectivity index is 1.34. The molecule has 31 heavy (non-hydrogen) atoms. The Bertz CT molecular complexity index is 1320. The number of carbonyl (C=O) groups excluding carboxylic acids is 2. The van der Waals surface area contributed by atoms with Gasteiger partial charge in [-0.05, 0) is 35.4 Å². The fourth-order valence-electron chi connectivity index (χ4n) is 3.51. The van der Waals surface area contributed by atoms with Gasteiger partial charge in [0.2, 0.25) is 0 Å². The number of benzene rings is 3. The number of rotatable bonds is 6. The number of hydrogen-bond donors (Lipinski definition) is 2. The van der Waals surface area contributed by atoms with Crippen molar-refractivity contribution in [1.82, 2.24) is 20.2 Å². The topological polar surface area (TPSA) is 95.2 Å². The zero-order valence-electron chi connectivity index (χ0n) is 17.1. The van der Waals surface area contributed by atoms with Gasteiger partial charge in [0.1, 0.15) is 0 Å². The number of para-hydroxylation sites is 1. The van der Waals surface area contributed by atoms with Crippen LogP contribution in [0.1, 0.15) is 27.4 Å². The molecule has 0 aliphatic carbocycles. The van der Waals surface area contributed by atoms with E-state index in [1.54, 1.807) is 36.2 Å². The molecule has 0 aliphatic heterocycles. The Kier molecular flexibility index (Phi) is 5.75. The first-order valence-corrected chi connectivity index (χ1v) is 10.0. The molecular weight excluding hydrogens is 392 g/mol. The molecule has 3 aromatic carbocycles. The summed E-state index contributed by atoms with van der Waals surface area (Å²) in [4.78, 5) is 45.7. The predicted octanol–water partition coefficient (Wildman–Crippen LogP) is 2.97. The van der Waals surface area contributed by atoms with E-state index in [2.05, 4.69) is 15.3 Å². The molecule has 0 radical (unpaired) electrons. The van der Waals surface area contributed by atoms with E-state index in [1.807, 2.05) is 42.5 Å². The van der Waals surface area contributed by atoms with Crippen LogP contribution in [-0.2, 0) is 0 Å². The molecule has 156 valence electrons. The highest BCUT2D eigenvalue weighted by Gasteiger charge is 2.15. The Morgan fingerprint density at radius 1 is 0.968 bits per heavy atom. The van der Waals surface area contributed by atoms with Crippen molar-refractivity contribution < 1.29 is 9.59 Å². The third kappa shape index (κ3) is 4.30. The lowest BCUT2D eigenvalue weighted by molar-refractivity contribution is 0.0795. The summed E-state index contributed by atoms with van der Waals surface area (Å²) in [5.41, 5.74) is 0.774. The van der Waals surface area contributed by atoms with Crippen molar-refractivity contribution in [3.63, 3.8) is 0 Å². The number of hydrogen-bond acceptors (Lipinski definition) is 4. The van der Waals surface area contributed by atoms with E-state index >= 15 is 0 Å². The summed E-state index contributed by atoms with van der Waals surface area (Å²) in [6.45, 7) is 0.826. The van der Waals surface area contributed by atoms with E-state index in [1.165, 1.54) is 0 Å². The van der Waals surface area contributed by atoms with Gasteiger partial charge in [0.25, 0.3) is 17.4 Å². The van der Waals surface area contributed by atoms with E-state index in [0.29, 0.717) is 36.0 Å². The highest BCUT2D eigenvalue weighted by molar-refractivity contribution is 6.06. The number of H-pyrrole nitrogens is 1. The molecule has 1 aromatic heterocycles. The number of aromatic nitrogens is 2. The average molecular weight is 414 g/mol. The number of aromatic amines is 1. The van der Waals surface area contributed by atoms with Crippen LogP contribution in [-0.4, -0.2) is 46.8 Å². The van der Waals surface area contributed by atoms with Crippen molar-refractivity contribution in [2.75, 3.05) is 20.1 Å². The fourth-order valence-corrected chi connectivity index (χ4v) is 3.51. The van der Waals surface area contributed by atoms with Crippen LogP contribution in [0.5, 0.6) is 0 Å². The van der Waals surface area contributed by atoms with Gasteiger partial charge in [-0.15, -0.1) is 0 Å². The molecule has 4 rings (SSSR count). The van der Waals surface area contributed by atoms with Crippen LogP contribution >= 0.6 is 0 Å². The summed E-state index contributed by atoms with van der Waals surface area (Å²) in [5.74, 6) is -0.543. The van der Waals surface area contributed by atoms with Crippen LogP contribution in [0, 0.1) is 0 Å². The van der Waals surface area contributed by atoms with Crippen molar-refractivity contribution in [3.05, 3.63) is 88.5 Å². The first-order chi connectivity index (χ1) is 15.0. The van der Waals surface area contributed by atoms with Crippen molar-refractivity contribution in [2.45, 2.75) is 6.42 Å². The van der Waals surface area contributed by atoms with E-state index in [9.17, 15) is 14.4 Å². The van der Waals surface area contributed by atoms with Gasteiger partial charge < -0.3 is 15.2 Å². The van der Waals surface area contributed by atoms with Gasteiger partial charge in [-0.3, -0.25) is 14.4 Å². The Labute approximate surface area is 178 Å². The summed E-state index contributed by atoms with van der Waals surface area (Å²) in [6, 6.07) is 20.3. The van der Waals surface area contributed by atoms with Gasteiger partial charge in [0.15, 0.2) is 5.82 Å². The number of amides is 2. The highest BCUT2D eigenvalue weighted by Crippen LogP contribution is 2.19. The van der Waals surface area contributed by atoms with Crippen LogP contribution < -0.4 is 10.9 Å². The van der Waals surface area contributed by atoms with E-state index in [4.69, 9.17) is 0 Å². The molecule has 0 atom stereocenters. The maximum absolute atomic E-state index is 12.9. The van der Waals surface area contributed by atoms with Crippen molar-refractivity contribution in [2.24, 2.45) is 0 Å². The largest absolute Gasteiger partial charge is 0.349 e. The normalized spacial score (nSPS) is 10.9. The first kappa shape index (κ1) is 20.3. The van der Waals surface area contributed by atoms with Crippen molar-refractivity contribution in [1.29, 1.82) is 0 Å². The van der Waals surface area contributed by atoms with E-state index < -0.39 is 5.91 Å². The predicted molar refractivity (Wildman–Crippen MR) is 120 cm³/mol. The second kappa shape index (κ2) is 8.79. The summed E-state index contributed by atoms with van der Waals surface area (Å²) in [6.07, 6.45) is 0.566. The minimum absolute atomic E-state index is 0.0242. The quantitative estimate of drug-likeness (QED) is 0.474. The fraction of sp³-hybridized carbons (Fsp3) is 0.167. The van der Waals surface area contributed by atoms with Gasteiger partial charge in [-0.2, -0.15) is 0 Å². The molecule has 2 N–H and O–H groups in total. The standard InChI is InChI=1S/C24H22N4O3/c1-28(24(31)18-12-6-9-16-8-2-3-10-17(16)18)15-7-14-25-23(30)21-26-20-13-5-4-11-19(20)22(29)27-21/h2-6,8-13H,7,14-15H2,1H3,(H,25,30)(H,26,27,29). The third-order valence-corrected chi connectivity index (χ3v) is 5.15. The second-order valence-corrected chi connectivity index (χ2v) is 7.29. The molecule has 0 aliphatic rings. The molecule has 0 spiro atoms. The third-order valence-electron chi connectivity index (χ3n) is 5.15. The van der Waals surface area contributed by atoms with Crippen LogP contribution in [0.2, 0.25) is 0 Å². The van der Waals surface area contributed by atoms with Crippen molar-refractivity contribution >= 4 is 33.5 Å². The van der Waals surface area contributed by atoms with Gasteiger partial charge in [0, 0.05) is 25.7 Å². The highest BCUT2D eigenvalue weighted by atomic mass is 16.2. The molecule has 0 saturated heterocycles. The van der Waals surface area contributed by atoms with Gasteiger partial charge in [-0.1, -0.05) is 48.5 Å². The minimum Gasteiger partial charge on any atom is -0.349 e. The monoisotopic (exact) mass is 414 g/mol. The summed E-state index contributed by atoms with van der Waals surface area (Å²) >= 11 is 0. The molecule has 0 bridgehead atoms. The molecule has 7 nitrogen and oxygen atoms in total. The SMILES string of the molecule is CN(CCCNC(=O)c1nc2ccccc2c(=O)[nH]1)C(=O)c1cccc2ccccc12. The second-order valence-electron chi connectivity index (χ2n) is 7.29.